The smallest absolute Gasteiger partial charge is 0.459 e. The molecule has 11 nitrogen and oxygen atoms in total. The summed E-state index contributed by atoms with van der Waals surface area (Å²) in [5.41, 5.74) is 7.50. The highest BCUT2D eigenvalue weighted by atomic mass is 31.2. The molecule has 37 heavy (non-hydrogen) atoms. The zero-order valence-corrected chi connectivity index (χ0v) is 22.0. The molecular weight excluding hydrogens is 497 g/mol. The van der Waals surface area contributed by atoms with Gasteiger partial charge < -0.3 is 19.7 Å². The van der Waals surface area contributed by atoms with Crippen LogP contribution in [0.15, 0.2) is 48.8 Å². The fraction of sp³-hybridized carbons (Fsp3) is 0.480. The molecule has 1 aliphatic rings. The highest BCUT2D eigenvalue weighted by molar-refractivity contribution is 7.52. The quantitative estimate of drug-likeness (QED) is 0.242. The molecule has 1 aliphatic heterocycles. The van der Waals surface area contributed by atoms with Crippen molar-refractivity contribution < 1.29 is 27.9 Å². The predicted octanol–water partition coefficient (Wildman–Crippen LogP) is 4.30. The summed E-state index contributed by atoms with van der Waals surface area (Å²) in [5, 5.41) is 6.92. The lowest BCUT2D eigenvalue weighted by Crippen LogP contribution is -2.28. The Kier molecular flexibility index (Phi) is 9.15. The zero-order chi connectivity index (χ0) is 26.3. The zero-order valence-electron chi connectivity index (χ0n) is 21.1. The van der Waals surface area contributed by atoms with Gasteiger partial charge in [-0.05, 0) is 43.0 Å². The van der Waals surface area contributed by atoms with Gasteiger partial charge in [0, 0.05) is 0 Å². The number of benzene rings is 1. The van der Waals surface area contributed by atoms with E-state index < -0.39 is 13.7 Å². The molecule has 1 fully saturated rings. The monoisotopic (exact) mass is 531 g/mol. The van der Waals surface area contributed by atoms with E-state index in [4.69, 9.17) is 24.3 Å². The Balaban J connectivity index is 1.36. The molecule has 2 unspecified atom stereocenters. The Morgan fingerprint density at radius 1 is 1.22 bits per heavy atom. The van der Waals surface area contributed by atoms with Gasteiger partial charge in [0.2, 0.25) is 0 Å². The van der Waals surface area contributed by atoms with Crippen molar-refractivity contribution in [2.24, 2.45) is 5.92 Å². The molecule has 3 atom stereocenters. The first-order chi connectivity index (χ1) is 17.9. The van der Waals surface area contributed by atoms with Crippen molar-refractivity contribution >= 4 is 25.1 Å². The van der Waals surface area contributed by atoms with Gasteiger partial charge >= 0.3 is 13.7 Å². The molecule has 1 saturated heterocycles. The Morgan fingerprint density at radius 3 is 2.76 bits per heavy atom. The molecule has 4 rings (SSSR count). The van der Waals surface area contributed by atoms with Gasteiger partial charge in [-0.2, -0.15) is 5.10 Å². The second-order valence-electron chi connectivity index (χ2n) is 8.92. The number of nitrogen functional groups attached to an aromatic ring is 1. The number of aromatic nitrogens is 3. The minimum absolute atomic E-state index is 0.0107. The number of nitrogens with one attached hydrogen (secondary N) is 1. The maximum absolute atomic E-state index is 13.6. The molecule has 200 valence electrons. The summed E-state index contributed by atoms with van der Waals surface area (Å²) >= 11 is 0. The summed E-state index contributed by atoms with van der Waals surface area (Å²) in [6, 6.07) is 12.4. The highest BCUT2D eigenvalue weighted by Gasteiger charge is 2.34. The van der Waals surface area contributed by atoms with Gasteiger partial charge in [-0.25, -0.2) is 19.2 Å². The van der Waals surface area contributed by atoms with Crippen molar-refractivity contribution in [3.63, 3.8) is 0 Å². The Hall–Kier alpha value is -2.98. The lowest BCUT2D eigenvalue weighted by atomic mass is 10.1. The van der Waals surface area contributed by atoms with Crippen LogP contribution in [0, 0.1) is 5.92 Å². The van der Waals surface area contributed by atoms with Crippen LogP contribution < -0.4 is 15.3 Å². The molecule has 12 heteroatoms. The van der Waals surface area contributed by atoms with Crippen molar-refractivity contribution in [2.75, 3.05) is 25.5 Å². The lowest BCUT2D eigenvalue weighted by molar-refractivity contribution is -0.143. The number of nitrogens with two attached hydrogens (primary N) is 1. The van der Waals surface area contributed by atoms with Crippen LogP contribution in [-0.4, -0.2) is 46.4 Å². The van der Waals surface area contributed by atoms with E-state index in [1.54, 1.807) is 28.8 Å². The highest BCUT2D eigenvalue weighted by Crippen LogP contribution is 2.45. The Labute approximate surface area is 216 Å². The molecule has 0 spiro atoms. The third-order valence-corrected chi connectivity index (χ3v) is 7.89. The van der Waals surface area contributed by atoms with Crippen LogP contribution in [-0.2, 0) is 23.4 Å². The van der Waals surface area contributed by atoms with Crippen molar-refractivity contribution in [1.29, 1.82) is 0 Å². The number of anilines is 1. The summed E-state index contributed by atoms with van der Waals surface area (Å²) in [6.45, 7) is 4.12. The average molecular weight is 532 g/mol. The van der Waals surface area contributed by atoms with Crippen molar-refractivity contribution in [3.05, 3.63) is 54.5 Å². The second-order valence-corrected chi connectivity index (χ2v) is 10.7. The van der Waals surface area contributed by atoms with Crippen LogP contribution in [0.25, 0.3) is 5.52 Å². The van der Waals surface area contributed by atoms with Crippen LogP contribution in [0.3, 0.4) is 0 Å². The lowest BCUT2D eigenvalue weighted by Gasteiger charge is -2.22. The van der Waals surface area contributed by atoms with E-state index in [-0.39, 0.29) is 25.4 Å². The normalized spacial score (nSPS) is 19.2. The van der Waals surface area contributed by atoms with Crippen LogP contribution >= 0.6 is 7.75 Å². The minimum atomic E-state index is -3.91. The van der Waals surface area contributed by atoms with E-state index in [0.29, 0.717) is 36.0 Å². The molecule has 0 radical (unpaired) electrons. The summed E-state index contributed by atoms with van der Waals surface area (Å²) in [5.74, 6) is 0.514. The molecular formula is C25H34N5O6P. The van der Waals surface area contributed by atoms with Gasteiger partial charge in [0.15, 0.2) is 5.82 Å². The van der Waals surface area contributed by atoms with Gasteiger partial charge in [0.1, 0.15) is 30.2 Å². The number of rotatable bonds is 13. The number of hydrogen-bond acceptors (Lipinski definition) is 9. The van der Waals surface area contributed by atoms with Gasteiger partial charge in [-0.3, -0.25) is 9.32 Å². The minimum Gasteiger partial charge on any atom is -0.464 e. The van der Waals surface area contributed by atoms with Gasteiger partial charge in [0.05, 0.1) is 25.0 Å². The second kappa shape index (κ2) is 12.5. The van der Waals surface area contributed by atoms with Crippen molar-refractivity contribution in [2.45, 2.75) is 51.7 Å². The van der Waals surface area contributed by atoms with Gasteiger partial charge in [-0.1, -0.05) is 44.9 Å². The number of ether oxygens (including phenoxy) is 2. The summed E-state index contributed by atoms with van der Waals surface area (Å²) < 4.78 is 38.2. The molecule has 0 saturated carbocycles. The average Bonchev–Trinajstić information content (AvgIpc) is 3.55. The first-order valence-electron chi connectivity index (χ1n) is 12.5. The molecule has 3 aromatic rings. The number of nitrogens with zero attached hydrogens (tertiary/aromatic N) is 3. The van der Waals surface area contributed by atoms with E-state index in [2.05, 4.69) is 15.2 Å². The van der Waals surface area contributed by atoms with Crippen LogP contribution in [0.4, 0.5) is 5.82 Å². The topological polar surface area (TPSA) is 139 Å². The van der Waals surface area contributed by atoms with Crippen LogP contribution in [0.5, 0.6) is 5.75 Å². The first-order valence-corrected chi connectivity index (χ1v) is 14.1. The molecule has 0 amide bonds. The van der Waals surface area contributed by atoms with E-state index in [9.17, 15) is 9.36 Å². The van der Waals surface area contributed by atoms with Crippen molar-refractivity contribution in [1.82, 2.24) is 19.7 Å². The molecule has 3 heterocycles. The molecule has 2 aromatic heterocycles. The fourth-order valence-electron chi connectivity index (χ4n) is 4.12. The third kappa shape index (κ3) is 7.07. The maximum atomic E-state index is 13.6. The number of hydrogen-bond donors (Lipinski definition) is 2. The number of carbonyl (C=O) groups is 1. The molecule has 3 N–H and O–H groups in total. The molecule has 0 aliphatic carbocycles. The van der Waals surface area contributed by atoms with Crippen LogP contribution in [0.1, 0.15) is 51.3 Å². The third-order valence-electron chi connectivity index (χ3n) is 6.40. The van der Waals surface area contributed by atoms with E-state index in [1.165, 1.54) is 6.33 Å². The standard InChI is InChI=1S/C25H34N5O6P/c1-3-18(4-2)15-33-24(31)14-29-37(32,36-19-8-6-5-7-9-19)34-16-20-10-13-23(35-20)21-11-12-22-25(26)27-17-28-30(21)22/h5-9,11-12,17-18,20,23H,3-4,10,13-16H2,1-2H3,(H,29,32)(H2,26,27,28)/t20-,23?,37?/m0/s1. The number of esters is 1. The largest absolute Gasteiger partial charge is 0.464 e. The van der Waals surface area contributed by atoms with E-state index in [1.807, 2.05) is 32.0 Å². The number of fused-ring (bicyclic) bond motifs is 1. The molecule has 0 bridgehead atoms. The SMILES string of the molecule is CCC(CC)COC(=O)CNP(=O)(OC[C@@H]1CCC(c2ccc3c(N)ncnn23)O1)Oc1ccccc1. The summed E-state index contributed by atoms with van der Waals surface area (Å²) in [6.07, 6.45) is 4.08. The Bertz CT molecular complexity index is 1220. The van der Waals surface area contributed by atoms with E-state index >= 15 is 0 Å². The van der Waals surface area contributed by atoms with Gasteiger partial charge in [-0.15, -0.1) is 0 Å². The van der Waals surface area contributed by atoms with Crippen LogP contribution in [0.2, 0.25) is 0 Å². The first kappa shape index (κ1) is 27.1. The maximum Gasteiger partial charge on any atom is 0.459 e. The molecule has 1 aromatic carbocycles. The summed E-state index contributed by atoms with van der Waals surface area (Å²) in [7, 11) is -3.91. The van der Waals surface area contributed by atoms with Crippen molar-refractivity contribution in [3.8, 4) is 5.75 Å². The summed E-state index contributed by atoms with van der Waals surface area (Å²) in [4.78, 5) is 16.3. The number of para-hydroxylation sites is 1. The Morgan fingerprint density at radius 2 is 2.00 bits per heavy atom. The van der Waals surface area contributed by atoms with Gasteiger partial charge in [0.25, 0.3) is 0 Å². The van der Waals surface area contributed by atoms with E-state index in [0.717, 1.165) is 25.0 Å². The predicted molar refractivity (Wildman–Crippen MR) is 138 cm³/mol. The number of carbonyl (C=O) groups excluding carboxylic acids is 1. The fourth-order valence-corrected chi connectivity index (χ4v) is 5.41.